The van der Waals surface area contributed by atoms with Gasteiger partial charge in [-0.1, -0.05) is 37.6 Å². The predicted octanol–water partition coefficient (Wildman–Crippen LogP) is 5.50. The third-order valence-corrected chi connectivity index (χ3v) is 6.18. The number of hydrogen-bond acceptors (Lipinski definition) is 4. The highest BCUT2D eigenvalue weighted by Gasteiger charge is 2.76. The van der Waals surface area contributed by atoms with Crippen molar-refractivity contribution in [2.75, 3.05) is 5.32 Å². The van der Waals surface area contributed by atoms with Gasteiger partial charge in [0, 0.05) is 5.69 Å². The molecule has 0 unspecified atom stereocenters. The molecule has 2 N–H and O–H groups in total. The fourth-order valence-electron chi connectivity index (χ4n) is 2.81. The SMILES string of the molecule is CCCCc1ccc(S(=O)(=O)N/N=C(/C)c2cccc(NC(=O)C(F)(F)C(F)(F)C(F)(F)F)c2)cc1. The standard InChI is InChI=1S/C22H22F7N3O3S/c1-3-4-6-15-9-11-18(12-10-15)36(34,35)32-31-14(2)16-7-5-8-17(13-16)30-19(33)20(23,24)21(25,26)22(27,28)29/h5,7-13,32H,3-4,6H2,1-2H3,(H,30,33)/b31-14-. The summed E-state index contributed by atoms with van der Waals surface area (Å²) in [6, 6.07) is 10.5. The van der Waals surface area contributed by atoms with Crippen LogP contribution in [0.4, 0.5) is 36.4 Å². The van der Waals surface area contributed by atoms with E-state index < -0.39 is 39.6 Å². The average molecular weight is 541 g/mol. The number of sulfonamides is 1. The van der Waals surface area contributed by atoms with Crippen LogP contribution in [0.2, 0.25) is 0 Å². The van der Waals surface area contributed by atoms with Crippen molar-refractivity contribution in [3.63, 3.8) is 0 Å². The topological polar surface area (TPSA) is 87.6 Å². The number of carbonyl (C=O) groups is 1. The number of aryl methyl sites for hydroxylation is 1. The maximum absolute atomic E-state index is 13.6. The van der Waals surface area contributed by atoms with Gasteiger partial charge in [-0.05, 0) is 55.2 Å². The molecule has 2 rings (SSSR count). The second-order valence-corrected chi connectivity index (χ2v) is 9.38. The van der Waals surface area contributed by atoms with Crippen molar-refractivity contribution < 1.29 is 43.9 Å². The third kappa shape index (κ3) is 6.53. The van der Waals surface area contributed by atoms with Crippen molar-refractivity contribution in [2.45, 2.75) is 56.0 Å². The van der Waals surface area contributed by atoms with Crippen molar-refractivity contribution in [3.8, 4) is 0 Å². The lowest BCUT2D eigenvalue weighted by Crippen LogP contribution is -2.57. The molecule has 0 radical (unpaired) electrons. The summed E-state index contributed by atoms with van der Waals surface area (Å²) in [5, 5.41) is 5.02. The second-order valence-electron chi connectivity index (χ2n) is 7.72. The Labute approximate surface area is 202 Å². The van der Waals surface area contributed by atoms with E-state index in [1.165, 1.54) is 30.4 Å². The van der Waals surface area contributed by atoms with Crippen LogP contribution in [0.1, 0.15) is 37.8 Å². The van der Waals surface area contributed by atoms with Crippen LogP contribution in [0, 0.1) is 0 Å². The quantitative estimate of drug-likeness (QED) is 0.237. The van der Waals surface area contributed by atoms with Gasteiger partial charge in [-0.3, -0.25) is 4.79 Å². The fourth-order valence-corrected chi connectivity index (χ4v) is 3.67. The van der Waals surface area contributed by atoms with Gasteiger partial charge in [0.1, 0.15) is 0 Å². The Bertz CT molecular complexity index is 1210. The smallest absolute Gasteiger partial charge is 0.321 e. The van der Waals surface area contributed by atoms with Crippen molar-refractivity contribution in [1.82, 2.24) is 4.83 Å². The van der Waals surface area contributed by atoms with Crippen LogP contribution in [-0.4, -0.2) is 38.1 Å². The molecule has 0 spiro atoms. The number of unbranched alkanes of at least 4 members (excludes halogenated alkanes) is 1. The van der Waals surface area contributed by atoms with E-state index in [2.05, 4.69) is 5.10 Å². The van der Waals surface area contributed by atoms with Gasteiger partial charge < -0.3 is 5.32 Å². The number of nitrogens with zero attached hydrogens (tertiary/aromatic N) is 1. The molecular weight excluding hydrogens is 519 g/mol. The first-order valence-corrected chi connectivity index (χ1v) is 11.9. The minimum atomic E-state index is -6.66. The molecule has 0 aliphatic rings. The molecule has 2 aromatic carbocycles. The number of anilines is 1. The summed E-state index contributed by atoms with van der Waals surface area (Å²) >= 11 is 0. The second kappa shape index (κ2) is 10.8. The molecule has 0 aromatic heterocycles. The Balaban J connectivity index is 2.17. The molecule has 0 atom stereocenters. The molecule has 0 aliphatic carbocycles. The number of alkyl halides is 7. The summed E-state index contributed by atoms with van der Waals surface area (Å²) in [4.78, 5) is 13.5. The van der Waals surface area contributed by atoms with E-state index in [0.29, 0.717) is 0 Å². The van der Waals surface area contributed by atoms with Crippen LogP contribution in [0.5, 0.6) is 0 Å². The van der Waals surface area contributed by atoms with E-state index in [1.807, 2.05) is 11.8 Å². The first kappa shape index (κ1) is 29.1. The molecule has 0 bridgehead atoms. The number of hydrogen-bond donors (Lipinski definition) is 2. The maximum Gasteiger partial charge on any atom is 0.460 e. The number of halogens is 7. The number of benzene rings is 2. The number of nitrogens with one attached hydrogen (secondary N) is 2. The summed E-state index contributed by atoms with van der Waals surface area (Å²) in [5.41, 5.74) is 0.432. The number of hydrazone groups is 1. The molecule has 1 amide bonds. The Hall–Kier alpha value is -3.16. The number of rotatable bonds is 10. The van der Waals surface area contributed by atoms with Gasteiger partial charge in [0.05, 0.1) is 10.6 Å². The van der Waals surface area contributed by atoms with E-state index >= 15 is 0 Å². The van der Waals surface area contributed by atoms with Crippen LogP contribution in [0.3, 0.4) is 0 Å². The molecule has 198 valence electrons. The van der Waals surface area contributed by atoms with Crippen LogP contribution in [-0.2, 0) is 21.2 Å². The van der Waals surface area contributed by atoms with Crippen LogP contribution < -0.4 is 10.1 Å². The molecule has 0 saturated carbocycles. The Morgan fingerprint density at radius 3 is 2.14 bits per heavy atom. The highest BCUT2D eigenvalue weighted by atomic mass is 32.2. The molecule has 0 heterocycles. The van der Waals surface area contributed by atoms with Gasteiger partial charge in [0.2, 0.25) is 0 Å². The lowest BCUT2D eigenvalue weighted by molar-refractivity contribution is -0.343. The van der Waals surface area contributed by atoms with Gasteiger partial charge in [0.15, 0.2) is 0 Å². The average Bonchev–Trinajstić information content (AvgIpc) is 2.80. The van der Waals surface area contributed by atoms with Gasteiger partial charge in [-0.25, -0.2) is 0 Å². The fraction of sp³-hybridized carbons (Fsp3) is 0.364. The van der Waals surface area contributed by atoms with Crippen molar-refractivity contribution >= 4 is 27.3 Å². The first-order chi connectivity index (χ1) is 16.5. The summed E-state index contributed by atoms with van der Waals surface area (Å²) < 4.78 is 115. The number of amides is 1. The summed E-state index contributed by atoms with van der Waals surface area (Å²) in [5.74, 6) is -15.6. The predicted molar refractivity (Wildman–Crippen MR) is 119 cm³/mol. The lowest BCUT2D eigenvalue weighted by Gasteiger charge is -2.27. The van der Waals surface area contributed by atoms with E-state index in [4.69, 9.17) is 0 Å². The summed E-state index contributed by atoms with van der Waals surface area (Å²) in [7, 11) is -4.08. The third-order valence-electron chi connectivity index (χ3n) is 4.96. The van der Waals surface area contributed by atoms with Gasteiger partial charge in [-0.15, -0.1) is 0 Å². The summed E-state index contributed by atoms with van der Waals surface area (Å²) in [6.07, 6.45) is -3.96. The van der Waals surface area contributed by atoms with Crippen LogP contribution in [0.25, 0.3) is 0 Å². The zero-order chi connectivity index (χ0) is 27.4. The van der Waals surface area contributed by atoms with Crippen LogP contribution >= 0.6 is 0 Å². The Kier molecular flexibility index (Phi) is 8.76. The van der Waals surface area contributed by atoms with Crippen molar-refractivity contribution in [2.24, 2.45) is 5.10 Å². The molecule has 6 nitrogen and oxygen atoms in total. The Morgan fingerprint density at radius 2 is 1.58 bits per heavy atom. The molecule has 0 saturated heterocycles. The van der Waals surface area contributed by atoms with E-state index in [-0.39, 0.29) is 16.2 Å². The minimum Gasteiger partial charge on any atom is -0.321 e. The molecule has 0 fully saturated rings. The molecule has 36 heavy (non-hydrogen) atoms. The molecular formula is C22H22F7N3O3S. The minimum absolute atomic E-state index is 0.0263. The van der Waals surface area contributed by atoms with Gasteiger partial charge in [0.25, 0.3) is 10.0 Å². The highest BCUT2D eigenvalue weighted by Crippen LogP contribution is 2.46. The van der Waals surface area contributed by atoms with Crippen molar-refractivity contribution in [1.29, 1.82) is 0 Å². The lowest BCUT2D eigenvalue weighted by atomic mass is 10.1. The zero-order valence-electron chi connectivity index (χ0n) is 19.0. The Morgan fingerprint density at radius 1 is 0.972 bits per heavy atom. The molecule has 0 aliphatic heterocycles. The molecule has 14 heteroatoms. The van der Waals surface area contributed by atoms with E-state index in [0.717, 1.165) is 43.0 Å². The first-order valence-electron chi connectivity index (χ1n) is 10.4. The molecule has 2 aromatic rings. The monoisotopic (exact) mass is 541 g/mol. The zero-order valence-corrected chi connectivity index (χ0v) is 19.8. The van der Waals surface area contributed by atoms with E-state index in [1.54, 1.807) is 12.1 Å². The highest BCUT2D eigenvalue weighted by molar-refractivity contribution is 7.89. The largest absolute Gasteiger partial charge is 0.460 e. The van der Waals surface area contributed by atoms with Crippen LogP contribution in [0.15, 0.2) is 58.5 Å². The normalized spacial score (nSPS) is 13.4. The van der Waals surface area contributed by atoms with Gasteiger partial charge >= 0.3 is 23.9 Å². The summed E-state index contributed by atoms with van der Waals surface area (Å²) in [6.45, 7) is 3.33. The van der Waals surface area contributed by atoms with Gasteiger partial charge in [-0.2, -0.15) is 49.1 Å². The van der Waals surface area contributed by atoms with Crippen molar-refractivity contribution in [3.05, 3.63) is 59.7 Å². The van der Waals surface area contributed by atoms with E-state index in [9.17, 15) is 43.9 Å². The number of carbonyl (C=O) groups excluding carboxylic acids is 1. The maximum atomic E-state index is 13.6.